The molecule has 0 unspecified atom stereocenters. The summed E-state index contributed by atoms with van der Waals surface area (Å²) in [6.45, 7) is 3.74. The van der Waals surface area contributed by atoms with Gasteiger partial charge in [0, 0.05) is 12.0 Å². The van der Waals surface area contributed by atoms with E-state index in [9.17, 15) is 4.79 Å². The summed E-state index contributed by atoms with van der Waals surface area (Å²) in [5, 5.41) is 7.29. The molecule has 0 saturated heterocycles. The van der Waals surface area contributed by atoms with Crippen LogP contribution < -0.4 is 14.8 Å². The molecule has 0 aromatic heterocycles. The van der Waals surface area contributed by atoms with Gasteiger partial charge in [0.2, 0.25) is 5.60 Å². The normalized spacial score (nSPS) is 21.8. The van der Waals surface area contributed by atoms with E-state index < -0.39 is 5.60 Å². The minimum absolute atomic E-state index is 0.120. The van der Waals surface area contributed by atoms with Gasteiger partial charge in [0.15, 0.2) is 11.5 Å². The fourth-order valence-electron chi connectivity index (χ4n) is 4.12. The van der Waals surface area contributed by atoms with E-state index in [4.69, 9.17) is 14.3 Å². The molecule has 6 heteroatoms. The average molecular weight is 423 g/mol. The van der Waals surface area contributed by atoms with Crippen LogP contribution in [0.4, 0.5) is 0 Å². The number of methoxy groups -OCH3 is 1. The van der Waals surface area contributed by atoms with Gasteiger partial charge in [-0.1, -0.05) is 35.5 Å². The molecule has 1 amide bonds. The lowest BCUT2D eigenvalue weighted by atomic mass is 9.94. The molecule has 1 heterocycles. The number of nitrogens with one attached hydrogen (secondary N) is 1. The van der Waals surface area contributed by atoms with Crippen molar-refractivity contribution in [3.8, 4) is 11.5 Å². The number of nitrogens with zero attached hydrogens (tertiary/aromatic N) is 1. The van der Waals surface area contributed by atoms with Gasteiger partial charge in [0.05, 0.1) is 25.0 Å². The van der Waals surface area contributed by atoms with Crippen LogP contribution in [0.15, 0.2) is 53.7 Å². The predicted octanol–water partition coefficient (Wildman–Crippen LogP) is 4.78. The topological polar surface area (TPSA) is 69.2 Å². The fourth-order valence-corrected chi connectivity index (χ4v) is 4.12. The number of hydrogen-bond donors (Lipinski definition) is 1. The van der Waals surface area contributed by atoms with E-state index in [1.54, 1.807) is 14.0 Å². The number of rotatable bonds is 7. The Morgan fingerprint density at radius 2 is 1.90 bits per heavy atom. The van der Waals surface area contributed by atoms with Crippen molar-refractivity contribution in [1.82, 2.24) is 5.32 Å². The second-order valence-electron chi connectivity index (χ2n) is 8.53. The van der Waals surface area contributed by atoms with E-state index in [1.165, 1.54) is 12.8 Å². The van der Waals surface area contributed by atoms with Crippen LogP contribution in [0.3, 0.4) is 0 Å². The van der Waals surface area contributed by atoms with E-state index in [0.717, 1.165) is 29.7 Å². The summed E-state index contributed by atoms with van der Waals surface area (Å²) in [6, 6.07) is 15.5. The molecule has 1 aliphatic heterocycles. The van der Waals surface area contributed by atoms with Crippen LogP contribution in [0.2, 0.25) is 0 Å². The first-order valence-electron chi connectivity index (χ1n) is 10.9. The van der Waals surface area contributed by atoms with Crippen LogP contribution in [-0.4, -0.2) is 30.4 Å². The van der Waals surface area contributed by atoms with E-state index in [-0.39, 0.29) is 18.1 Å². The third-order valence-corrected chi connectivity index (χ3v) is 6.08. The summed E-state index contributed by atoms with van der Waals surface area (Å²) >= 11 is 0. The molecule has 2 aliphatic rings. The van der Waals surface area contributed by atoms with Gasteiger partial charge in [0.25, 0.3) is 5.91 Å². The number of carbonyl (C=O) groups is 1. The van der Waals surface area contributed by atoms with Crippen LogP contribution >= 0.6 is 0 Å². The quantitative estimate of drug-likeness (QED) is 0.697. The van der Waals surface area contributed by atoms with Gasteiger partial charge in [-0.25, -0.2) is 0 Å². The Balaban J connectivity index is 1.45. The van der Waals surface area contributed by atoms with Gasteiger partial charge in [-0.2, -0.15) is 0 Å². The van der Waals surface area contributed by atoms with Crippen molar-refractivity contribution in [2.75, 3.05) is 7.11 Å². The fraction of sp³-hybridized carbons (Fsp3) is 0.440. The van der Waals surface area contributed by atoms with Crippen molar-refractivity contribution in [2.24, 2.45) is 5.16 Å². The molecule has 1 aliphatic carbocycles. The Bertz CT molecular complexity index is 953. The minimum Gasteiger partial charge on any atom is -0.493 e. The van der Waals surface area contributed by atoms with Gasteiger partial charge in [-0.3, -0.25) is 4.79 Å². The van der Waals surface area contributed by atoms with Crippen molar-refractivity contribution in [1.29, 1.82) is 0 Å². The molecule has 0 spiro atoms. The second kappa shape index (κ2) is 9.00. The number of oxime groups is 1. The largest absolute Gasteiger partial charge is 0.493 e. The maximum absolute atomic E-state index is 13.0. The average Bonchev–Trinajstić information content (AvgIpc) is 3.45. The molecule has 1 fully saturated rings. The van der Waals surface area contributed by atoms with Crippen LogP contribution in [0.25, 0.3) is 0 Å². The van der Waals surface area contributed by atoms with E-state index in [2.05, 4.69) is 10.5 Å². The zero-order valence-corrected chi connectivity index (χ0v) is 18.4. The first-order valence-corrected chi connectivity index (χ1v) is 10.9. The third-order valence-electron chi connectivity index (χ3n) is 6.08. The number of benzene rings is 2. The Morgan fingerprint density at radius 3 is 2.61 bits per heavy atom. The van der Waals surface area contributed by atoms with E-state index in [0.29, 0.717) is 17.9 Å². The Hall–Kier alpha value is -3.02. The molecule has 0 radical (unpaired) electrons. The van der Waals surface area contributed by atoms with Crippen molar-refractivity contribution in [3.63, 3.8) is 0 Å². The summed E-state index contributed by atoms with van der Waals surface area (Å²) < 4.78 is 11.7. The minimum atomic E-state index is -1.05. The monoisotopic (exact) mass is 422 g/mol. The molecule has 2 aromatic rings. The van der Waals surface area contributed by atoms with Gasteiger partial charge < -0.3 is 19.6 Å². The molecule has 4 rings (SSSR count). The predicted molar refractivity (Wildman–Crippen MR) is 120 cm³/mol. The Morgan fingerprint density at radius 1 is 1.16 bits per heavy atom. The SMILES string of the molecule is COc1ccc(C2=NO[C@@](C)(C(=O)N[C@@H](C)c3ccccc3)C2)cc1OC1CCCC1. The molecular formula is C25H30N2O4. The van der Waals surface area contributed by atoms with Crippen molar-refractivity contribution in [2.45, 2.75) is 63.7 Å². The van der Waals surface area contributed by atoms with Gasteiger partial charge in [-0.05, 0) is 63.3 Å². The highest BCUT2D eigenvalue weighted by molar-refractivity contribution is 6.05. The smallest absolute Gasteiger partial charge is 0.267 e. The Labute approximate surface area is 183 Å². The summed E-state index contributed by atoms with van der Waals surface area (Å²) in [5.41, 5.74) is 1.60. The highest BCUT2D eigenvalue weighted by atomic mass is 16.7. The van der Waals surface area contributed by atoms with Gasteiger partial charge in [0.1, 0.15) is 0 Å². The lowest BCUT2D eigenvalue weighted by Crippen LogP contribution is -2.45. The molecule has 1 saturated carbocycles. The lowest BCUT2D eigenvalue weighted by molar-refractivity contribution is -0.142. The second-order valence-corrected chi connectivity index (χ2v) is 8.53. The highest BCUT2D eigenvalue weighted by Gasteiger charge is 2.42. The molecule has 164 valence electrons. The van der Waals surface area contributed by atoms with Crippen molar-refractivity contribution in [3.05, 3.63) is 59.7 Å². The molecule has 2 atom stereocenters. The molecule has 2 aromatic carbocycles. The van der Waals surface area contributed by atoms with Crippen molar-refractivity contribution < 1.29 is 19.1 Å². The van der Waals surface area contributed by atoms with Crippen LogP contribution in [0.1, 0.15) is 63.1 Å². The van der Waals surface area contributed by atoms with Crippen molar-refractivity contribution >= 4 is 11.6 Å². The molecule has 6 nitrogen and oxygen atoms in total. The maximum Gasteiger partial charge on any atom is 0.267 e. The summed E-state index contributed by atoms with van der Waals surface area (Å²) in [7, 11) is 1.64. The first-order chi connectivity index (χ1) is 15.0. The summed E-state index contributed by atoms with van der Waals surface area (Å²) in [6.07, 6.45) is 5.13. The highest BCUT2D eigenvalue weighted by Crippen LogP contribution is 2.35. The standard InChI is InChI=1S/C25H30N2O4/c1-17(18-9-5-4-6-10-18)26-24(28)25(2)16-21(27-31-25)19-13-14-22(29-3)23(15-19)30-20-11-7-8-12-20/h4-6,9-10,13-15,17,20H,7-8,11-12,16H2,1-3H3,(H,26,28)/t17-,25+/m0/s1. The van der Waals surface area contributed by atoms with Gasteiger partial charge in [-0.15, -0.1) is 0 Å². The van der Waals surface area contributed by atoms with Gasteiger partial charge >= 0.3 is 0 Å². The number of ether oxygens (including phenoxy) is 2. The first kappa shape index (κ1) is 21.2. The third kappa shape index (κ3) is 4.68. The van der Waals surface area contributed by atoms with Crippen LogP contribution in [0, 0.1) is 0 Å². The summed E-state index contributed by atoms with van der Waals surface area (Å²) in [4.78, 5) is 18.6. The Kier molecular flexibility index (Phi) is 6.16. The number of hydrogen-bond acceptors (Lipinski definition) is 5. The molecule has 31 heavy (non-hydrogen) atoms. The zero-order valence-electron chi connectivity index (χ0n) is 18.4. The zero-order chi connectivity index (χ0) is 21.8. The van der Waals surface area contributed by atoms with Crippen LogP contribution in [-0.2, 0) is 9.63 Å². The van der Waals surface area contributed by atoms with E-state index >= 15 is 0 Å². The number of amides is 1. The maximum atomic E-state index is 13.0. The molecule has 1 N–H and O–H groups in total. The van der Waals surface area contributed by atoms with Crippen LogP contribution in [0.5, 0.6) is 11.5 Å². The molecule has 0 bridgehead atoms. The summed E-state index contributed by atoms with van der Waals surface area (Å²) in [5.74, 6) is 1.23. The molecular weight excluding hydrogens is 392 g/mol. The van der Waals surface area contributed by atoms with E-state index in [1.807, 2.05) is 55.5 Å². The number of carbonyl (C=O) groups excluding carboxylic acids is 1. The lowest BCUT2D eigenvalue weighted by Gasteiger charge is -2.23.